The average molecular weight is 215 g/mol. The number of anilines is 1. The van der Waals surface area contributed by atoms with E-state index in [1.807, 2.05) is 6.34 Å². The van der Waals surface area contributed by atoms with Crippen molar-refractivity contribution in [3.8, 4) is 0 Å². The summed E-state index contributed by atoms with van der Waals surface area (Å²) in [6.45, 7) is 4.21. The molecule has 84 valence electrons. The summed E-state index contributed by atoms with van der Waals surface area (Å²) < 4.78 is 0. The molecule has 0 amide bonds. The Morgan fingerprint density at radius 1 is 1.31 bits per heavy atom. The van der Waals surface area contributed by atoms with Crippen LogP contribution in [0.5, 0.6) is 0 Å². The number of hydrogen-bond acceptors (Lipinski definition) is 3. The molecule has 0 aromatic heterocycles. The normalized spacial score (nSPS) is 24.2. The zero-order chi connectivity index (χ0) is 10.8. The fraction of sp³-hybridized carbons (Fsp3) is 0.462. The second-order valence-electron chi connectivity index (χ2n) is 4.46. The first kappa shape index (κ1) is 9.85. The van der Waals surface area contributed by atoms with E-state index in [9.17, 15) is 0 Å². The third-order valence-electron chi connectivity index (χ3n) is 3.44. The van der Waals surface area contributed by atoms with E-state index in [4.69, 9.17) is 0 Å². The van der Waals surface area contributed by atoms with E-state index in [1.54, 1.807) is 0 Å². The molecule has 0 radical (unpaired) electrons. The van der Waals surface area contributed by atoms with Crippen molar-refractivity contribution < 1.29 is 0 Å². The van der Waals surface area contributed by atoms with E-state index in [2.05, 4.69) is 39.5 Å². The topological polar surface area (TPSA) is 27.6 Å². The van der Waals surface area contributed by atoms with Crippen LogP contribution in [0.1, 0.15) is 17.9 Å². The van der Waals surface area contributed by atoms with Crippen LogP contribution in [-0.4, -0.2) is 32.5 Å². The second-order valence-corrected chi connectivity index (χ2v) is 4.46. The van der Waals surface area contributed by atoms with Crippen molar-refractivity contribution >= 4 is 12.0 Å². The second kappa shape index (κ2) is 4.26. The first-order valence-electron chi connectivity index (χ1n) is 6.01. The minimum atomic E-state index is 0.671. The van der Waals surface area contributed by atoms with Gasteiger partial charge in [0.1, 0.15) is 0 Å². The maximum atomic E-state index is 4.29. The van der Waals surface area contributed by atoms with Gasteiger partial charge in [0.15, 0.2) is 0 Å². The molecule has 0 aliphatic carbocycles. The number of nitrogens with one attached hydrogen (secondary N) is 1. The summed E-state index contributed by atoms with van der Waals surface area (Å²) in [6.07, 6.45) is 3.23. The van der Waals surface area contributed by atoms with Crippen LogP contribution in [0.4, 0.5) is 5.69 Å². The van der Waals surface area contributed by atoms with Crippen molar-refractivity contribution in [3.63, 3.8) is 0 Å². The van der Waals surface area contributed by atoms with E-state index in [-0.39, 0.29) is 0 Å². The van der Waals surface area contributed by atoms with Gasteiger partial charge in [-0.05, 0) is 30.5 Å². The fourth-order valence-electron chi connectivity index (χ4n) is 2.58. The maximum absolute atomic E-state index is 4.29. The lowest BCUT2D eigenvalue weighted by molar-refractivity contribution is 0.761. The molecule has 1 aromatic carbocycles. The first-order valence-corrected chi connectivity index (χ1v) is 6.01. The van der Waals surface area contributed by atoms with Crippen molar-refractivity contribution in [3.05, 3.63) is 29.8 Å². The zero-order valence-electron chi connectivity index (χ0n) is 9.39. The molecule has 3 nitrogen and oxygen atoms in total. The minimum absolute atomic E-state index is 0.671. The van der Waals surface area contributed by atoms with Crippen LogP contribution in [0.25, 0.3) is 0 Å². The molecule has 0 bridgehead atoms. The van der Waals surface area contributed by atoms with E-state index in [0.717, 1.165) is 26.2 Å². The Kier molecular flexibility index (Phi) is 2.62. The molecule has 1 unspecified atom stereocenters. The van der Waals surface area contributed by atoms with E-state index in [0.29, 0.717) is 5.92 Å². The average Bonchev–Trinajstić information content (AvgIpc) is 3.03. The molecule has 1 aromatic rings. The van der Waals surface area contributed by atoms with Crippen LogP contribution in [-0.2, 0) is 0 Å². The molecule has 1 saturated heterocycles. The Balaban J connectivity index is 1.93. The lowest BCUT2D eigenvalue weighted by atomic mass is 9.96. The summed E-state index contributed by atoms with van der Waals surface area (Å²) in [6, 6.07) is 8.74. The highest BCUT2D eigenvalue weighted by molar-refractivity contribution is 5.82. The summed E-state index contributed by atoms with van der Waals surface area (Å²) in [5.41, 5.74) is 2.82. The van der Waals surface area contributed by atoms with Gasteiger partial charge < -0.3 is 10.2 Å². The van der Waals surface area contributed by atoms with Gasteiger partial charge in [-0.3, -0.25) is 4.99 Å². The van der Waals surface area contributed by atoms with E-state index >= 15 is 0 Å². The van der Waals surface area contributed by atoms with E-state index in [1.165, 1.54) is 17.7 Å². The van der Waals surface area contributed by atoms with Crippen molar-refractivity contribution in [2.24, 2.45) is 4.99 Å². The fourth-order valence-corrected chi connectivity index (χ4v) is 2.58. The van der Waals surface area contributed by atoms with Gasteiger partial charge in [0, 0.05) is 18.8 Å². The number of hydrogen-bond donors (Lipinski definition) is 1. The highest BCUT2D eigenvalue weighted by Crippen LogP contribution is 2.31. The largest absolute Gasteiger partial charge is 0.331 e. The van der Waals surface area contributed by atoms with Gasteiger partial charge in [-0.1, -0.05) is 18.2 Å². The number of aliphatic imine (C=N–C) groups is 1. The molecule has 2 aliphatic heterocycles. The monoisotopic (exact) mass is 215 g/mol. The third-order valence-corrected chi connectivity index (χ3v) is 3.44. The van der Waals surface area contributed by atoms with Crippen LogP contribution in [0.15, 0.2) is 29.3 Å². The summed E-state index contributed by atoms with van der Waals surface area (Å²) in [7, 11) is 0. The predicted octanol–water partition coefficient (Wildman–Crippen LogP) is 1.61. The van der Waals surface area contributed by atoms with Crippen LogP contribution in [0, 0.1) is 0 Å². The van der Waals surface area contributed by atoms with Crippen molar-refractivity contribution in [1.82, 2.24) is 5.32 Å². The van der Waals surface area contributed by atoms with Crippen LogP contribution >= 0.6 is 0 Å². The van der Waals surface area contributed by atoms with Gasteiger partial charge in [-0.2, -0.15) is 0 Å². The Hall–Kier alpha value is -1.35. The zero-order valence-corrected chi connectivity index (χ0v) is 9.39. The lowest BCUT2D eigenvalue weighted by Gasteiger charge is -2.21. The number of rotatable bonds is 2. The SMILES string of the molecule is C1=NCCN1c1ccccc1C1CCNC1. The summed E-state index contributed by atoms with van der Waals surface area (Å²) in [4.78, 5) is 6.57. The summed E-state index contributed by atoms with van der Waals surface area (Å²) >= 11 is 0. The highest BCUT2D eigenvalue weighted by atomic mass is 15.2. The minimum Gasteiger partial charge on any atom is -0.331 e. The number of benzene rings is 1. The Morgan fingerprint density at radius 3 is 3.00 bits per heavy atom. The molecular weight excluding hydrogens is 198 g/mol. The number of para-hydroxylation sites is 1. The smallest absolute Gasteiger partial charge is 0.0895 e. The summed E-state index contributed by atoms with van der Waals surface area (Å²) in [5, 5.41) is 3.44. The van der Waals surface area contributed by atoms with Crippen LogP contribution < -0.4 is 10.2 Å². The Labute approximate surface area is 96.2 Å². The van der Waals surface area contributed by atoms with Crippen molar-refractivity contribution in [2.45, 2.75) is 12.3 Å². The van der Waals surface area contributed by atoms with Gasteiger partial charge in [0.25, 0.3) is 0 Å². The number of nitrogens with zero attached hydrogens (tertiary/aromatic N) is 2. The molecular formula is C13H17N3. The van der Waals surface area contributed by atoms with Gasteiger partial charge in [0.05, 0.1) is 12.9 Å². The highest BCUT2D eigenvalue weighted by Gasteiger charge is 2.21. The van der Waals surface area contributed by atoms with Crippen molar-refractivity contribution in [2.75, 3.05) is 31.1 Å². The Morgan fingerprint density at radius 2 is 2.25 bits per heavy atom. The third kappa shape index (κ3) is 1.71. The van der Waals surface area contributed by atoms with Crippen molar-refractivity contribution in [1.29, 1.82) is 0 Å². The molecule has 1 N–H and O–H groups in total. The van der Waals surface area contributed by atoms with Gasteiger partial charge in [-0.25, -0.2) is 0 Å². The van der Waals surface area contributed by atoms with Gasteiger partial charge >= 0.3 is 0 Å². The van der Waals surface area contributed by atoms with Crippen LogP contribution in [0.2, 0.25) is 0 Å². The molecule has 2 aliphatic rings. The molecule has 0 spiro atoms. The lowest BCUT2D eigenvalue weighted by Crippen LogP contribution is -2.21. The summed E-state index contributed by atoms with van der Waals surface area (Å²) in [5.74, 6) is 0.671. The van der Waals surface area contributed by atoms with Crippen LogP contribution in [0.3, 0.4) is 0 Å². The molecule has 3 heteroatoms. The maximum Gasteiger partial charge on any atom is 0.0895 e. The standard InChI is InChI=1S/C13H17N3/c1-2-4-13(16-8-7-15-10-16)12(3-1)11-5-6-14-9-11/h1-4,10-11,14H,5-9H2. The molecule has 2 heterocycles. The van der Waals surface area contributed by atoms with Gasteiger partial charge in [-0.15, -0.1) is 0 Å². The molecule has 16 heavy (non-hydrogen) atoms. The molecule has 0 saturated carbocycles. The van der Waals surface area contributed by atoms with Gasteiger partial charge in [0.2, 0.25) is 0 Å². The molecule has 1 atom stereocenters. The quantitative estimate of drug-likeness (QED) is 0.811. The first-order chi connectivity index (χ1) is 7.95. The molecule has 3 rings (SSSR count). The predicted molar refractivity (Wildman–Crippen MR) is 67.4 cm³/mol. The Bertz CT molecular complexity index is 394. The molecule has 1 fully saturated rings. The van der Waals surface area contributed by atoms with E-state index < -0.39 is 0 Å².